The van der Waals surface area contributed by atoms with Crippen LogP contribution in [0.3, 0.4) is 0 Å². The Morgan fingerprint density at radius 2 is 1.76 bits per heavy atom. The predicted octanol–water partition coefficient (Wildman–Crippen LogP) is 3.34. The molecule has 2 aromatic rings. The summed E-state index contributed by atoms with van der Waals surface area (Å²) in [5, 5.41) is 2.47. The van der Waals surface area contributed by atoms with Crippen molar-refractivity contribution in [1.29, 1.82) is 0 Å². The minimum Gasteiger partial charge on any atom is -0.353 e. The van der Waals surface area contributed by atoms with Crippen LogP contribution < -0.4 is 5.32 Å². The van der Waals surface area contributed by atoms with Crippen LogP contribution in [0.2, 0.25) is 0 Å². The van der Waals surface area contributed by atoms with E-state index < -0.39 is 17.0 Å². The summed E-state index contributed by atoms with van der Waals surface area (Å²) in [5.74, 6) is -0.963. The monoisotopic (exact) mass is 524 g/mol. The van der Waals surface area contributed by atoms with E-state index >= 15 is 0 Å². The molecule has 8 nitrogen and oxygen atoms in total. The Morgan fingerprint density at radius 1 is 1.05 bits per heavy atom. The number of thioether (sulfide) groups is 1. The quantitative estimate of drug-likeness (QED) is 0.559. The van der Waals surface area contributed by atoms with Crippen molar-refractivity contribution < 1.29 is 23.6 Å². The Morgan fingerprint density at radius 3 is 2.41 bits per heavy atom. The predicted molar refractivity (Wildman–Crippen MR) is 140 cm³/mol. The van der Waals surface area contributed by atoms with E-state index in [-0.39, 0.29) is 29.3 Å². The molecule has 0 spiro atoms. The molecule has 4 amide bonds. The molecule has 0 unspecified atom stereocenters. The van der Waals surface area contributed by atoms with E-state index in [1.165, 1.54) is 18.2 Å². The molecule has 0 aliphatic carbocycles. The van der Waals surface area contributed by atoms with E-state index in [2.05, 4.69) is 5.32 Å². The Hall–Kier alpha value is -3.50. The number of halogens is 1. The number of imide groups is 1. The van der Waals surface area contributed by atoms with Gasteiger partial charge in [0.25, 0.3) is 17.1 Å². The number of nitrogens with zero attached hydrogens (tertiary/aromatic N) is 3. The molecule has 10 heteroatoms. The maximum Gasteiger partial charge on any atom is 0.293 e. The van der Waals surface area contributed by atoms with E-state index in [4.69, 9.17) is 0 Å². The highest BCUT2D eigenvalue weighted by Gasteiger charge is 2.35. The summed E-state index contributed by atoms with van der Waals surface area (Å²) in [7, 11) is 0. The lowest BCUT2D eigenvalue weighted by molar-refractivity contribution is -0.124. The standard InChI is InChI=1S/C27H29FN4O4S/c1-18(2)29-24(33)17-30-10-12-31(13-11-30)25(34)21-8-6-19(7-9-21)15-23-26(35)32(27(36)37-23)16-20-4-3-5-22(28)14-20/h3-9,14-15,18H,10-13,16-17H2,1-2H3,(H,29,33). The molecule has 0 saturated carbocycles. The van der Waals surface area contributed by atoms with E-state index in [1.54, 1.807) is 41.3 Å². The Bertz CT molecular complexity index is 1220. The van der Waals surface area contributed by atoms with Gasteiger partial charge < -0.3 is 10.2 Å². The van der Waals surface area contributed by atoms with Crippen LogP contribution >= 0.6 is 11.8 Å². The average Bonchev–Trinajstić information content (AvgIpc) is 3.11. The first-order chi connectivity index (χ1) is 17.7. The number of rotatable bonds is 7. The lowest BCUT2D eigenvalue weighted by Gasteiger charge is -2.34. The normalized spacial score (nSPS) is 17.7. The van der Waals surface area contributed by atoms with Gasteiger partial charge in [0, 0.05) is 37.8 Å². The zero-order valence-electron chi connectivity index (χ0n) is 20.8. The topological polar surface area (TPSA) is 90.0 Å². The van der Waals surface area contributed by atoms with Gasteiger partial charge in [0.15, 0.2) is 0 Å². The van der Waals surface area contributed by atoms with Crippen LogP contribution in [-0.2, 0) is 16.1 Å². The van der Waals surface area contributed by atoms with Crippen molar-refractivity contribution in [2.75, 3.05) is 32.7 Å². The third kappa shape index (κ3) is 6.84. The van der Waals surface area contributed by atoms with Crippen molar-refractivity contribution in [3.8, 4) is 0 Å². The van der Waals surface area contributed by atoms with Crippen molar-refractivity contribution in [2.45, 2.75) is 26.4 Å². The summed E-state index contributed by atoms with van der Waals surface area (Å²) >= 11 is 0.837. The number of nitrogens with one attached hydrogen (secondary N) is 1. The van der Waals surface area contributed by atoms with E-state index in [1.807, 2.05) is 18.7 Å². The molecule has 2 aromatic carbocycles. The fourth-order valence-corrected chi connectivity index (χ4v) is 5.03. The Kier molecular flexibility index (Phi) is 8.40. The summed E-state index contributed by atoms with van der Waals surface area (Å²) in [6.45, 7) is 6.49. The van der Waals surface area contributed by atoms with Crippen LogP contribution in [0, 0.1) is 5.82 Å². The summed E-state index contributed by atoms with van der Waals surface area (Å²) in [6, 6.07) is 12.8. The molecule has 37 heavy (non-hydrogen) atoms. The number of hydrogen-bond donors (Lipinski definition) is 1. The molecular formula is C27H29FN4O4S. The Labute approximate surface area is 219 Å². The largest absolute Gasteiger partial charge is 0.353 e. The van der Waals surface area contributed by atoms with Gasteiger partial charge >= 0.3 is 0 Å². The molecule has 194 valence electrons. The third-order valence-electron chi connectivity index (χ3n) is 6.04. The maximum absolute atomic E-state index is 13.5. The lowest BCUT2D eigenvalue weighted by atomic mass is 10.1. The molecule has 0 bridgehead atoms. The summed E-state index contributed by atoms with van der Waals surface area (Å²) < 4.78 is 13.5. The average molecular weight is 525 g/mol. The van der Waals surface area contributed by atoms with Gasteiger partial charge in [0.05, 0.1) is 18.0 Å². The van der Waals surface area contributed by atoms with Gasteiger partial charge in [-0.1, -0.05) is 24.3 Å². The zero-order valence-corrected chi connectivity index (χ0v) is 21.6. The van der Waals surface area contributed by atoms with Gasteiger partial charge in [-0.15, -0.1) is 0 Å². The molecular weight excluding hydrogens is 495 g/mol. The SMILES string of the molecule is CC(C)NC(=O)CN1CCN(C(=O)c2ccc(C=C3SC(=O)N(Cc4cccc(F)c4)C3=O)cc2)CC1. The number of carbonyl (C=O) groups is 4. The van der Waals surface area contributed by atoms with Gasteiger partial charge in [-0.3, -0.25) is 29.0 Å². The fourth-order valence-electron chi connectivity index (χ4n) is 4.19. The molecule has 2 saturated heterocycles. The van der Waals surface area contributed by atoms with Crippen LogP contribution in [0.4, 0.5) is 9.18 Å². The van der Waals surface area contributed by atoms with Gasteiger partial charge in [-0.2, -0.15) is 0 Å². The van der Waals surface area contributed by atoms with Gasteiger partial charge in [0.2, 0.25) is 5.91 Å². The molecule has 2 fully saturated rings. The van der Waals surface area contributed by atoms with Crippen molar-refractivity contribution in [3.63, 3.8) is 0 Å². The second-order valence-corrected chi connectivity index (χ2v) is 10.3. The molecule has 2 aliphatic rings. The first-order valence-electron chi connectivity index (χ1n) is 12.1. The Balaban J connectivity index is 1.33. The van der Waals surface area contributed by atoms with Gasteiger partial charge in [0.1, 0.15) is 5.82 Å². The minimum absolute atomic E-state index is 0.00285. The summed E-state index contributed by atoms with van der Waals surface area (Å²) in [6.07, 6.45) is 1.62. The number of amides is 4. The van der Waals surface area contributed by atoms with Crippen molar-refractivity contribution in [3.05, 3.63) is 75.9 Å². The zero-order chi connectivity index (χ0) is 26.5. The van der Waals surface area contributed by atoms with Crippen LogP contribution in [0.5, 0.6) is 0 Å². The number of hydrogen-bond acceptors (Lipinski definition) is 6. The highest BCUT2D eigenvalue weighted by Crippen LogP contribution is 2.33. The second kappa shape index (κ2) is 11.7. The number of benzene rings is 2. The molecule has 0 aromatic heterocycles. The number of carbonyl (C=O) groups excluding carboxylic acids is 4. The van der Waals surface area contributed by atoms with Gasteiger partial charge in [-0.25, -0.2) is 4.39 Å². The molecule has 2 heterocycles. The minimum atomic E-state index is -0.431. The first kappa shape index (κ1) is 26.6. The maximum atomic E-state index is 13.5. The van der Waals surface area contributed by atoms with Crippen LogP contribution in [0.15, 0.2) is 53.4 Å². The van der Waals surface area contributed by atoms with E-state index in [0.29, 0.717) is 49.4 Å². The highest BCUT2D eigenvalue weighted by atomic mass is 32.2. The van der Waals surface area contributed by atoms with Gasteiger partial charge in [-0.05, 0) is 67.1 Å². The van der Waals surface area contributed by atoms with Crippen LogP contribution in [-0.4, -0.2) is 76.4 Å². The van der Waals surface area contributed by atoms with Crippen molar-refractivity contribution >= 4 is 40.8 Å². The molecule has 4 rings (SSSR count). The second-order valence-electron chi connectivity index (χ2n) is 9.31. The van der Waals surface area contributed by atoms with E-state index in [9.17, 15) is 23.6 Å². The van der Waals surface area contributed by atoms with Crippen molar-refractivity contribution in [2.24, 2.45) is 0 Å². The molecule has 0 atom stereocenters. The number of piperazine rings is 1. The van der Waals surface area contributed by atoms with Crippen LogP contribution in [0.1, 0.15) is 35.3 Å². The fraction of sp³-hybridized carbons (Fsp3) is 0.333. The van der Waals surface area contributed by atoms with Crippen molar-refractivity contribution in [1.82, 2.24) is 20.0 Å². The smallest absolute Gasteiger partial charge is 0.293 e. The molecule has 1 N–H and O–H groups in total. The summed E-state index contributed by atoms with van der Waals surface area (Å²) in [4.78, 5) is 55.2. The molecule has 0 radical (unpaired) electrons. The lowest BCUT2D eigenvalue weighted by Crippen LogP contribution is -2.51. The highest BCUT2D eigenvalue weighted by molar-refractivity contribution is 8.18. The summed E-state index contributed by atoms with van der Waals surface area (Å²) in [5.41, 5.74) is 1.75. The third-order valence-corrected chi connectivity index (χ3v) is 6.94. The molecule has 2 aliphatic heterocycles. The van der Waals surface area contributed by atoms with Crippen LogP contribution in [0.25, 0.3) is 6.08 Å². The van der Waals surface area contributed by atoms with E-state index in [0.717, 1.165) is 16.7 Å². The first-order valence-corrected chi connectivity index (χ1v) is 12.9.